The number of anilines is 1. The predicted octanol–water partition coefficient (Wildman–Crippen LogP) is 0.851. The van der Waals surface area contributed by atoms with Crippen molar-refractivity contribution in [1.82, 2.24) is 10.9 Å². The van der Waals surface area contributed by atoms with Gasteiger partial charge in [-0.1, -0.05) is 13.8 Å². The van der Waals surface area contributed by atoms with Crippen molar-refractivity contribution in [2.24, 2.45) is 11.8 Å². The lowest BCUT2D eigenvalue weighted by Crippen LogP contribution is -2.46. The highest BCUT2D eigenvalue weighted by Gasteiger charge is 2.35. The average Bonchev–Trinajstić information content (AvgIpc) is 2.94. The van der Waals surface area contributed by atoms with E-state index < -0.39 is 5.92 Å². The molecule has 2 rings (SSSR count). The summed E-state index contributed by atoms with van der Waals surface area (Å²) >= 11 is 0. The third-order valence-corrected chi connectivity index (χ3v) is 3.71. The molecule has 2 N–H and O–H groups in total. The molecule has 1 unspecified atom stereocenters. The molecule has 1 aromatic rings. The number of ether oxygens (including phenoxy) is 1. The first-order chi connectivity index (χ1) is 10.9. The summed E-state index contributed by atoms with van der Waals surface area (Å²) in [7, 11) is 1.57. The first-order valence-corrected chi connectivity index (χ1v) is 7.46. The molecule has 7 nitrogen and oxygen atoms in total. The standard InChI is InChI=1S/C16H21N3O4/c1-10(2)15(21)17-18-16(22)11-8-14(20)19(9-11)12-4-6-13(23-3)7-5-12/h4-7,10-11H,8-9H2,1-3H3,(H,17,21)(H,18,22). The molecule has 1 aromatic carbocycles. The highest BCUT2D eigenvalue weighted by atomic mass is 16.5. The van der Waals surface area contributed by atoms with Crippen molar-refractivity contribution in [1.29, 1.82) is 0 Å². The van der Waals surface area contributed by atoms with Crippen LogP contribution in [0.4, 0.5) is 5.69 Å². The van der Waals surface area contributed by atoms with Crippen LogP contribution in [0.15, 0.2) is 24.3 Å². The van der Waals surface area contributed by atoms with Crippen molar-refractivity contribution in [2.45, 2.75) is 20.3 Å². The van der Waals surface area contributed by atoms with Crippen molar-refractivity contribution in [3.05, 3.63) is 24.3 Å². The monoisotopic (exact) mass is 319 g/mol. The molecule has 0 spiro atoms. The van der Waals surface area contributed by atoms with Crippen LogP contribution in [-0.4, -0.2) is 31.4 Å². The lowest BCUT2D eigenvalue weighted by Gasteiger charge is -2.17. The fourth-order valence-electron chi connectivity index (χ4n) is 2.26. The summed E-state index contributed by atoms with van der Waals surface area (Å²) in [6, 6.07) is 7.08. The van der Waals surface area contributed by atoms with E-state index in [2.05, 4.69) is 10.9 Å². The summed E-state index contributed by atoms with van der Waals surface area (Å²) in [6.45, 7) is 3.74. The SMILES string of the molecule is COc1ccc(N2CC(C(=O)NNC(=O)C(C)C)CC2=O)cc1. The molecule has 0 bridgehead atoms. The molecule has 1 aliphatic heterocycles. The molecule has 0 saturated carbocycles. The minimum atomic E-state index is -0.489. The molecule has 0 radical (unpaired) electrons. The van der Waals surface area contributed by atoms with Gasteiger partial charge in [-0.05, 0) is 24.3 Å². The lowest BCUT2D eigenvalue weighted by atomic mass is 10.1. The Morgan fingerprint density at radius 2 is 1.87 bits per heavy atom. The van der Waals surface area contributed by atoms with Gasteiger partial charge in [0.15, 0.2) is 0 Å². The molecule has 1 heterocycles. The van der Waals surface area contributed by atoms with Gasteiger partial charge in [0.1, 0.15) is 5.75 Å². The van der Waals surface area contributed by atoms with Gasteiger partial charge in [0.2, 0.25) is 17.7 Å². The number of carbonyl (C=O) groups is 3. The summed E-state index contributed by atoms with van der Waals surface area (Å²) in [6.07, 6.45) is 0.120. The van der Waals surface area contributed by atoms with E-state index in [-0.39, 0.29) is 36.6 Å². The van der Waals surface area contributed by atoms with Crippen LogP contribution in [0.2, 0.25) is 0 Å². The van der Waals surface area contributed by atoms with Crippen molar-refractivity contribution >= 4 is 23.4 Å². The summed E-state index contributed by atoms with van der Waals surface area (Å²) in [5.74, 6) is -0.761. The largest absolute Gasteiger partial charge is 0.497 e. The van der Waals surface area contributed by atoms with Gasteiger partial charge in [-0.15, -0.1) is 0 Å². The van der Waals surface area contributed by atoms with E-state index in [0.29, 0.717) is 5.75 Å². The number of hydrazine groups is 1. The van der Waals surface area contributed by atoms with Gasteiger partial charge in [-0.3, -0.25) is 25.2 Å². The maximum Gasteiger partial charge on any atom is 0.243 e. The van der Waals surface area contributed by atoms with Crippen molar-refractivity contribution in [3.8, 4) is 5.75 Å². The maximum atomic E-state index is 12.1. The molecule has 0 aliphatic carbocycles. The number of benzene rings is 1. The Morgan fingerprint density at radius 3 is 2.43 bits per heavy atom. The molecule has 1 fully saturated rings. The van der Waals surface area contributed by atoms with Crippen molar-refractivity contribution in [3.63, 3.8) is 0 Å². The van der Waals surface area contributed by atoms with Gasteiger partial charge in [-0.25, -0.2) is 0 Å². The van der Waals surface area contributed by atoms with E-state index in [1.165, 1.54) is 0 Å². The number of hydrogen-bond acceptors (Lipinski definition) is 4. The molecule has 1 aliphatic rings. The van der Waals surface area contributed by atoms with Crippen molar-refractivity contribution < 1.29 is 19.1 Å². The zero-order valence-corrected chi connectivity index (χ0v) is 13.5. The highest BCUT2D eigenvalue weighted by molar-refractivity contribution is 6.00. The van der Waals surface area contributed by atoms with Gasteiger partial charge in [0.25, 0.3) is 0 Å². The second kappa shape index (κ2) is 7.13. The third-order valence-electron chi connectivity index (χ3n) is 3.71. The second-order valence-electron chi connectivity index (χ2n) is 5.74. The Kier molecular flexibility index (Phi) is 5.20. The van der Waals surface area contributed by atoms with Crippen LogP contribution < -0.4 is 20.5 Å². The van der Waals surface area contributed by atoms with Crippen LogP contribution in [0, 0.1) is 11.8 Å². The van der Waals surface area contributed by atoms with E-state index in [1.807, 2.05) is 0 Å². The van der Waals surface area contributed by atoms with Crippen LogP contribution in [0.5, 0.6) is 5.75 Å². The van der Waals surface area contributed by atoms with Gasteiger partial charge in [-0.2, -0.15) is 0 Å². The Morgan fingerprint density at radius 1 is 1.22 bits per heavy atom. The molecule has 3 amide bonds. The summed E-state index contributed by atoms with van der Waals surface area (Å²) in [5.41, 5.74) is 5.46. The van der Waals surface area contributed by atoms with Gasteiger partial charge in [0.05, 0.1) is 13.0 Å². The lowest BCUT2D eigenvalue weighted by molar-refractivity contribution is -0.132. The predicted molar refractivity (Wildman–Crippen MR) is 84.6 cm³/mol. The van der Waals surface area contributed by atoms with Crippen LogP contribution in [0.1, 0.15) is 20.3 Å². The van der Waals surface area contributed by atoms with Gasteiger partial charge >= 0.3 is 0 Å². The molecule has 1 atom stereocenters. The zero-order chi connectivity index (χ0) is 17.0. The van der Waals surface area contributed by atoms with E-state index >= 15 is 0 Å². The number of rotatable bonds is 4. The topological polar surface area (TPSA) is 87.7 Å². The number of amides is 3. The normalized spacial score (nSPS) is 17.3. The smallest absolute Gasteiger partial charge is 0.243 e. The number of methoxy groups -OCH3 is 1. The Labute approximate surface area is 135 Å². The zero-order valence-electron chi connectivity index (χ0n) is 13.5. The fraction of sp³-hybridized carbons (Fsp3) is 0.438. The van der Waals surface area contributed by atoms with Crippen LogP contribution in [0.3, 0.4) is 0 Å². The number of nitrogens with zero attached hydrogens (tertiary/aromatic N) is 1. The Hall–Kier alpha value is -2.57. The van der Waals surface area contributed by atoms with Gasteiger partial charge in [0, 0.05) is 24.6 Å². The molecule has 23 heavy (non-hydrogen) atoms. The molecular formula is C16H21N3O4. The first-order valence-electron chi connectivity index (χ1n) is 7.46. The third kappa shape index (κ3) is 4.00. The Bertz CT molecular complexity index is 598. The van der Waals surface area contributed by atoms with E-state index in [4.69, 9.17) is 4.74 Å². The number of nitrogens with one attached hydrogen (secondary N) is 2. The quantitative estimate of drug-likeness (QED) is 0.806. The average molecular weight is 319 g/mol. The van der Waals surface area contributed by atoms with E-state index in [0.717, 1.165) is 5.69 Å². The van der Waals surface area contributed by atoms with Gasteiger partial charge < -0.3 is 9.64 Å². The summed E-state index contributed by atoms with van der Waals surface area (Å²) in [4.78, 5) is 37.2. The molecule has 7 heteroatoms. The van der Waals surface area contributed by atoms with Crippen molar-refractivity contribution in [2.75, 3.05) is 18.6 Å². The molecule has 124 valence electrons. The van der Waals surface area contributed by atoms with Crippen LogP contribution in [-0.2, 0) is 14.4 Å². The number of carbonyl (C=O) groups excluding carboxylic acids is 3. The minimum absolute atomic E-state index is 0.120. The fourth-order valence-corrected chi connectivity index (χ4v) is 2.26. The first kappa shape index (κ1) is 16.8. The second-order valence-corrected chi connectivity index (χ2v) is 5.74. The molecule has 1 saturated heterocycles. The maximum absolute atomic E-state index is 12.1. The summed E-state index contributed by atoms with van der Waals surface area (Å²) in [5, 5.41) is 0. The minimum Gasteiger partial charge on any atom is -0.497 e. The molecule has 0 aromatic heterocycles. The summed E-state index contributed by atoms with van der Waals surface area (Å²) < 4.78 is 5.08. The van der Waals surface area contributed by atoms with E-state index in [9.17, 15) is 14.4 Å². The van der Waals surface area contributed by atoms with Crippen LogP contribution >= 0.6 is 0 Å². The Balaban J connectivity index is 1.96. The highest BCUT2D eigenvalue weighted by Crippen LogP contribution is 2.26. The molecular weight excluding hydrogens is 298 g/mol. The van der Waals surface area contributed by atoms with Crippen LogP contribution in [0.25, 0.3) is 0 Å². The number of hydrogen-bond donors (Lipinski definition) is 2. The van der Waals surface area contributed by atoms with E-state index in [1.54, 1.807) is 50.1 Å².